The van der Waals surface area contributed by atoms with E-state index in [0.29, 0.717) is 11.7 Å². The largest absolute Gasteiger partial charge is 0.497 e. The Labute approximate surface area is 151 Å². The first-order chi connectivity index (χ1) is 12.1. The van der Waals surface area contributed by atoms with Crippen LogP contribution in [-0.2, 0) is 9.59 Å². The monoisotopic (exact) mass is 362 g/mol. The van der Waals surface area contributed by atoms with Gasteiger partial charge in [0.25, 0.3) is 0 Å². The number of benzene rings is 1. The van der Waals surface area contributed by atoms with Crippen LogP contribution >= 0.6 is 11.8 Å². The lowest BCUT2D eigenvalue weighted by Gasteiger charge is -2.09. The molecule has 0 saturated heterocycles. The highest BCUT2D eigenvalue weighted by Crippen LogP contribution is 2.22. The number of nitrogens with one attached hydrogen (secondary N) is 2. The molecule has 1 heterocycles. The number of amides is 2. The molecule has 0 unspecified atom stereocenters. The Hall–Kier alpha value is -2.48. The first-order valence-electron chi connectivity index (χ1n) is 7.98. The third kappa shape index (κ3) is 5.82. The molecule has 8 heteroatoms. The number of aromatic nitrogens is 2. The summed E-state index contributed by atoms with van der Waals surface area (Å²) in [6.45, 7) is 2.57. The molecule has 0 atom stereocenters. The number of thioether (sulfide) groups is 1. The molecule has 2 rings (SSSR count). The van der Waals surface area contributed by atoms with E-state index in [4.69, 9.17) is 4.74 Å². The Morgan fingerprint density at radius 2 is 2.12 bits per heavy atom. The predicted octanol–water partition coefficient (Wildman–Crippen LogP) is 1.62. The lowest BCUT2D eigenvalue weighted by Crippen LogP contribution is -2.37. The van der Waals surface area contributed by atoms with E-state index >= 15 is 0 Å². The van der Waals surface area contributed by atoms with Crippen molar-refractivity contribution in [3.8, 4) is 11.4 Å². The van der Waals surface area contributed by atoms with Gasteiger partial charge in [0.15, 0.2) is 5.16 Å². The van der Waals surface area contributed by atoms with E-state index in [1.807, 2.05) is 42.0 Å². The number of carbonyl (C=O) groups excluding carboxylic acids is 2. The zero-order valence-electron chi connectivity index (χ0n) is 14.3. The van der Waals surface area contributed by atoms with Crippen molar-refractivity contribution >= 4 is 23.6 Å². The summed E-state index contributed by atoms with van der Waals surface area (Å²) >= 11 is 1.31. The van der Waals surface area contributed by atoms with Gasteiger partial charge in [-0.05, 0) is 18.6 Å². The molecule has 0 aliphatic rings. The van der Waals surface area contributed by atoms with Crippen LogP contribution in [0.3, 0.4) is 0 Å². The summed E-state index contributed by atoms with van der Waals surface area (Å²) in [4.78, 5) is 27.7. The van der Waals surface area contributed by atoms with E-state index in [1.54, 1.807) is 13.3 Å². The highest BCUT2D eigenvalue weighted by molar-refractivity contribution is 7.99. The highest BCUT2D eigenvalue weighted by atomic mass is 32.2. The Kier molecular flexibility index (Phi) is 7.34. The van der Waals surface area contributed by atoms with Crippen LogP contribution in [0.1, 0.15) is 13.3 Å². The second kappa shape index (κ2) is 9.73. The molecule has 2 N–H and O–H groups in total. The molecule has 0 aliphatic heterocycles. The number of hydrogen-bond donors (Lipinski definition) is 2. The molecule has 2 amide bonds. The van der Waals surface area contributed by atoms with Crippen molar-refractivity contribution in [2.45, 2.75) is 18.5 Å². The standard InChI is InChI=1S/C17H22N4O3S/c1-3-7-18-15(22)11-20-16(23)12-25-17-19-8-9-21(17)13-5-4-6-14(10-13)24-2/h4-6,8-10H,3,7,11-12H2,1-2H3,(H,18,22)(H,20,23). The molecule has 0 bridgehead atoms. The van der Waals surface area contributed by atoms with Gasteiger partial charge in [0.05, 0.1) is 25.1 Å². The quantitative estimate of drug-likeness (QED) is 0.662. The van der Waals surface area contributed by atoms with Crippen LogP contribution in [0, 0.1) is 0 Å². The number of carbonyl (C=O) groups is 2. The van der Waals surface area contributed by atoms with Crippen LogP contribution in [0.25, 0.3) is 5.69 Å². The van der Waals surface area contributed by atoms with Crippen molar-refractivity contribution in [3.63, 3.8) is 0 Å². The average molecular weight is 362 g/mol. The summed E-state index contributed by atoms with van der Waals surface area (Å²) in [6, 6.07) is 7.59. The molecule has 0 saturated carbocycles. The third-order valence-electron chi connectivity index (χ3n) is 3.29. The van der Waals surface area contributed by atoms with Crippen LogP contribution in [0.5, 0.6) is 5.75 Å². The summed E-state index contributed by atoms with van der Waals surface area (Å²) in [5.41, 5.74) is 0.902. The maximum atomic E-state index is 11.9. The van der Waals surface area contributed by atoms with Gasteiger partial charge in [0.2, 0.25) is 11.8 Å². The van der Waals surface area contributed by atoms with Gasteiger partial charge in [-0.3, -0.25) is 14.2 Å². The molecular weight excluding hydrogens is 340 g/mol. The van der Waals surface area contributed by atoms with Gasteiger partial charge < -0.3 is 15.4 Å². The molecule has 0 aliphatic carbocycles. The van der Waals surface area contributed by atoms with Gasteiger partial charge in [-0.25, -0.2) is 4.98 Å². The van der Waals surface area contributed by atoms with E-state index in [0.717, 1.165) is 17.9 Å². The molecule has 0 fully saturated rings. The molecule has 0 radical (unpaired) electrons. The van der Waals surface area contributed by atoms with Crippen LogP contribution < -0.4 is 15.4 Å². The van der Waals surface area contributed by atoms with E-state index < -0.39 is 0 Å². The van der Waals surface area contributed by atoms with E-state index in [1.165, 1.54) is 11.8 Å². The van der Waals surface area contributed by atoms with Crippen LogP contribution in [-0.4, -0.2) is 47.3 Å². The summed E-state index contributed by atoms with van der Waals surface area (Å²) < 4.78 is 7.11. The third-order valence-corrected chi connectivity index (χ3v) is 4.26. The SMILES string of the molecule is CCCNC(=O)CNC(=O)CSc1nccn1-c1cccc(OC)c1. The lowest BCUT2D eigenvalue weighted by atomic mass is 10.3. The first-order valence-corrected chi connectivity index (χ1v) is 8.96. The Bertz CT molecular complexity index is 717. The molecule has 1 aromatic carbocycles. The summed E-state index contributed by atoms with van der Waals surface area (Å²) in [7, 11) is 1.61. The second-order valence-corrected chi connectivity index (χ2v) is 6.14. The van der Waals surface area contributed by atoms with Crippen molar-refractivity contribution in [1.29, 1.82) is 0 Å². The van der Waals surface area contributed by atoms with Crippen molar-refractivity contribution < 1.29 is 14.3 Å². The van der Waals surface area contributed by atoms with Crippen LogP contribution in [0.2, 0.25) is 0 Å². The van der Waals surface area contributed by atoms with Gasteiger partial charge >= 0.3 is 0 Å². The predicted molar refractivity (Wildman–Crippen MR) is 97.2 cm³/mol. The molecule has 0 spiro atoms. The maximum absolute atomic E-state index is 11.9. The Morgan fingerprint density at radius 1 is 1.28 bits per heavy atom. The van der Waals surface area contributed by atoms with Crippen molar-refractivity contribution in [1.82, 2.24) is 20.2 Å². The molecule has 7 nitrogen and oxygen atoms in total. The van der Waals surface area contributed by atoms with E-state index in [2.05, 4.69) is 15.6 Å². The summed E-state index contributed by atoms with van der Waals surface area (Å²) in [5.74, 6) is 0.537. The number of imidazole rings is 1. The number of methoxy groups -OCH3 is 1. The van der Waals surface area contributed by atoms with Gasteiger partial charge in [-0.15, -0.1) is 0 Å². The first kappa shape index (κ1) is 18.9. The van der Waals surface area contributed by atoms with Gasteiger partial charge in [-0.2, -0.15) is 0 Å². The fraction of sp³-hybridized carbons (Fsp3) is 0.353. The number of ether oxygens (including phenoxy) is 1. The average Bonchev–Trinajstić information content (AvgIpc) is 3.11. The van der Waals surface area contributed by atoms with Crippen LogP contribution in [0.15, 0.2) is 41.8 Å². The second-order valence-electron chi connectivity index (χ2n) is 5.20. The summed E-state index contributed by atoms with van der Waals surface area (Å²) in [5, 5.41) is 6.01. The molecule has 134 valence electrons. The number of rotatable bonds is 9. The van der Waals surface area contributed by atoms with Gasteiger partial charge in [0.1, 0.15) is 5.75 Å². The normalized spacial score (nSPS) is 10.3. The van der Waals surface area contributed by atoms with E-state index in [-0.39, 0.29) is 24.1 Å². The minimum atomic E-state index is -0.211. The minimum Gasteiger partial charge on any atom is -0.497 e. The topological polar surface area (TPSA) is 85.3 Å². The Balaban J connectivity index is 1.88. The van der Waals surface area contributed by atoms with Crippen LogP contribution in [0.4, 0.5) is 0 Å². The van der Waals surface area contributed by atoms with E-state index in [9.17, 15) is 9.59 Å². The molecule has 25 heavy (non-hydrogen) atoms. The van der Waals surface area contributed by atoms with Gasteiger partial charge in [-0.1, -0.05) is 24.8 Å². The fourth-order valence-corrected chi connectivity index (χ4v) is 2.84. The maximum Gasteiger partial charge on any atom is 0.239 e. The van der Waals surface area contributed by atoms with Crippen molar-refractivity contribution in [3.05, 3.63) is 36.7 Å². The minimum absolute atomic E-state index is 0.0102. The summed E-state index contributed by atoms with van der Waals surface area (Å²) in [6.07, 6.45) is 4.37. The number of nitrogens with zero attached hydrogens (tertiary/aromatic N) is 2. The van der Waals surface area contributed by atoms with Gasteiger partial charge in [0, 0.05) is 25.0 Å². The molecular formula is C17H22N4O3S. The van der Waals surface area contributed by atoms with Crippen molar-refractivity contribution in [2.75, 3.05) is 26.0 Å². The molecule has 2 aromatic rings. The Morgan fingerprint density at radius 3 is 2.88 bits per heavy atom. The molecule has 1 aromatic heterocycles. The van der Waals surface area contributed by atoms with Crippen molar-refractivity contribution in [2.24, 2.45) is 0 Å². The number of hydrogen-bond acceptors (Lipinski definition) is 5. The lowest BCUT2D eigenvalue weighted by molar-refractivity contribution is -0.124. The zero-order valence-corrected chi connectivity index (χ0v) is 15.1. The fourth-order valence-electron chi connectivity index (χ4n) is 2.04. The smallest absolute Gasteiger partial charge is 0.239 e. The highest BCUT2D eigenvalue weighted by Gasteiger charge is 2.10. The zero-order chi connectivity index (χ0) is 18.1.